The van der Waals surface area contributed by atoms with E-state index in [2.05, 4.69) is 45.0 Å². The summed E-state index contributed by atoms with van der Waals surface area (Å²) in [7, 11) is -1.67. The van der Waals surface area contributed by atoms with Gasteiger partial charge >= 0.3 is 0 Å². The highest BCUT2D eigenvalue weighted by molar-refractivity contribution is 6.82. The molecule has 1 atom stereocenters. The molecule has 2 rings (SSSR count). The first-order chi connectivity index (χ1) is 9.68. The summed E-state index contributed by atoms with van der Waals surface area (Å²) < 4.78 is 6.24. The minimum atomic E-state index is -1.67. The molecule has 0 fully saturated rings. The van der Waals surface area contributed by atoms with Crippen LogP contribution >= 0.6 is 0 Å². The highest BCUT2D eigenvalue weighted by Crippen LogP contribution is 2.49. The number of hydrogen-bond acceptors (Lipinski definition) is 2. The Morgan fingerprint density at radius 1 is 1.15 bits per heavy atom. The molecule has 0 aliphatic carbocycles. The second-order valence-electron chi connectivity index (χ2n) is 5.64. The summed E-state index contributed by atoms with van der Waals surface area (Å²) in [4.78, 5) is 11.2. The van der Waals surface area contributed by atoms with Crippen LogP contribution in [-0.4, -0.2) is 14.4 Å². The quantitative estimate of drug-likeness (QED) is 0.571. The van der Waals surface area contributed by atoms with Gasteiger partial charge in [-0.25, -0.2) is 0 Å². The Kier molecular flexibility index (Phi) is 4.48. The van der Waals surface area contributed by atoms with E-state index in [1.165, 1.54) is 23.7 Å². The van der Waals surface area contributed by atoms with Crippen LogP contribution in [0.15, 0.2) is 42.2 Å². The van der Waals surface area contributed by atoms with Crippen molar-refractivity contribution in [2.45, 2.75) is 50.5 Å². The Hall–Kier alpha value is -1.35. The number of rotatable bonds is 6. The highest BCUT2D eigenvalue weighted by Gasteiger charge is 2.54. The Labute approximate surface area is 122 Å². The lowest BCUT2D eigenvalue weighted by Gasteiger charge is -2.46. The molecule has 108 valence electrons. The van der Waals surface area contributed by atoms with Crippen LogP contribution < -0.4 is 0 Å². The van der Waals surface area contributed by atoms with Gasteiger partial charge in [0.15, 0.2) is 0 Å². The minimum absolute atomic E-state index is 0.261. The third-order valence-electron chi connectivity index (χ3n) is 5.14. The fourth-order valence-corrected chi connectivity index (χ4v) is 8.60. The molecular formula is C17H24O2Si. The first kappa shape index (κ1) is 15.0. The normalized spacial score (nSPS) is 22.2. The Morgan fingerprint density at radius 3 is 2.20 bits per heavy atom. The molecule has 0 spiro atoms. The van der Waals surface area contributed by atoms with Gasteiger partial charge in [-0.15, -0.1) is 0 Å². The van der Waals surface area contributed by atoms with Crippen LogP contribution in [0.2, 0.25) is 18.1 Å². The molecule has 0 bridgehead atoms. The van der Waals surface area contributed by atoms with E-state index in [1.807, 2.05) is 6.07 Å². The average Bonchev–Trinajstić information content (AvgIpc) is 2.97. The van der Waals surface area contributed by atoms with E-state index in [0.717, 1.165) is 18.3 Å². The molecule has 1 aromatic rings. The van der Waals surface area contributed by atoms with Crippen molar-refractivity contribution in [3.8, 4) is 0 Å². The lowest BCUT2D eigenvalue weighted by Crippen LogP contribution is -2.55. The first-order valence-electron chi connectivity index (χ1n) is 7.55. The topological polar surface area (TPSA) is 26.3 Å². The van der Waals surface area contributed by atoms with Gasteiger partial charge in [0, 0.05) is 12.0 Å². The number of ether oxygens (including phenoxy) is 1. The molecule has 0 saturated carbocycles. The fraction of sp³-hybridized carbons (Fsp3) is 0.471. The van der Waals surface area contributed by atoms with Gasteiger partial charge in [-0.1, -0.05) is 69.2 Å². The van der Waals surface area contributed by atoms with Gasteiger partial charge < -0.3 is 4.74 Å². The second-order valence-corrected chi connectivity index (χ2v) is 11.1. The van der Waals surface area contributed by atoms with Crippen molar-refractivity contribution < 1.29 is 9.53 Å². The first-order valence-corrected chi connectivity index (χ1v) is 10.2. The van der Waals surface area contributed by atoms with E-state index < -0.39 is 8.07 Å². The molecule has 0 radical (unpaired) electrons. The van der Waals surface area contributed by atoms with Gasteiger partial charge in [0.2, 0.25) is 0 Å². The Morgan fingerprint density at radius 2 is 1.75 bits per heavy atom. The monoisotopic (exact) mass is 288 g/mol. The summed E-state index contributed by atoms with van der Waals surface area (Å²) in [5.74, 6) is 0. The number of aldehydes is 1. The fourth-order valence-electron chi connectivity index (χ4n) is 3.72. The van der Waals surface area contributed by atoms with Crippen molar-refractivity contribution in [3.05, 3.63) is 47.7 Å². The van der Waals surface area contributed by atoms with Gasteiger partial charge in [0.1, 0.15) is 19.6 Å². The van der Waals surface area contributed by atoms with Crippen LogP contribution in [0.4, 0.5) is 0 Å². The number of hydrogen-bond donors (Lipinski definition) is 0. The summed E-state index contributed by atoms with van der Waals surface area (Å²) in [5.41, 5.74) is 2.03. The standard InChI is InChI=1S/C17H24O2Si/c1-4-20(5-2,6-3)17(12-15(13-18)14-19-17)16-10-8-7-9-11-16/h7-11,13-14H,4-6,12H2,1-3H3. The molecular weight excluding hydrogens is 264 g/mol. The maximum Gasteiger partial charge on any atom is 0.149 e. The average molecular weight is 288 g/mol. The highest BCUT2D eigenvalue weighted by atomic mass is 28.3. The van der Waals surface area contributed by atoms with Crippen molar-refractivity contribution in [1.29, 1.82) is 0 Å². The SMILES string of the molecule is CC[Si](CC)(CC)C1(c2ccccc2)CC(C=O)=CO1. The number of carbonyl (C=O) groups is 1. The molecule has 3 heteroatoms. The van der Waals surface area contributed by atoms with Crippen molar-refractivity contribution >= 4 is 14.4 Å². The largest absolute Gasteiger partial charge is 0.493 e. The molecule has 1 aliphatic heterocycles. The smallest absolute Gasteiger partial charge is 0.149 e. The van der Waals surface area contributed by atoms with Crippen molar-refractivity contribution in [2.75, 3.05) is 0 Å². The predicted molar refractivity (Wildman–Crippen MR) is 85.2 cm³/mol. The summed E-state index contributed by atoms with van der Waals surface area (Å²) in [6.07, 6.45) is 3.38. The maximum atomic E-state index is 11.2. The zero-order valence-corrected chi connectivity index (χ0v) is 13.7. The van der Waals surface area contributed by atoms with E-state index >= 15 is 0 Å². The molecule has 0 saturated heterocycles. The van der Waals surface area contributed by atoms with Gasteiger partial charge in [-0.2, -0.15) is 0 Å². The molecule has 1 heterocycles. The van der Waals surface area contributed by atoms with Gasteiger partial charge in [0.25, 0.3) is 0 Å². The van der Waals surface area contributed by atoms with Crippen LogP contribution in [0.1, 0.15) is 32.8 Å². The van der Waals surface area contributed by atoms with Crippen LogP contribution in [0, 0.1) is 0 Å². The molecule has 20 heavy (non-hydrogen) atoms. The Bertz CT molecular complexity index is 483. The van der Waals surface area contributed by atoms with Crippen LogP contribution in [-0.2, 0) is 14.8 Å². The second kappa shape index (κ2) is 5.96. The molecule has 2 nitrogen and oxygen atoms in total. The summed E-state index contributed by atoms with van der Waals surface area (Å²) in [6.45, 7) is 6.85. The van der Waals surface area contributed by atoms with E-state index in [1.54, 1.807) is 6.26 Å². The van der Waals surface area contributed by atoms with Crippen molar-refractivity contribution in [2.24, 2.45) is 0 Å². The summed E-state index contributed by atoms with van der Waals surface area (Å²) >= 11 is 0. The Balaban J connectivity index is 2.54. The van der Waals surface area contributed by atoms with E-state index in [4.69, 9.17) is 4.74 Å². The molecule has 1 unspecified atom stereocenters. The van der Waals surface area contributed by atoms with Crippen LogP contribution in [0.25, 0.3) is 0 Å². The number of benzene rings is 1. The van der Waals surface area contributed by atoms with E-state index in [-0.39, 0.29) is 5.22 Å². The van der Waals surface area contributed by atoms with Gasteiger partial charge in [-0.3, -0.25) is 4.79 Å². The zero-order chi connectivity index (χ0) is 14.6. The minimum Gasteiger partial charge on any atom is -0.493 e. The third-order valence-corrected chi connectivity index (χ3v) is 11.5. The summed E-state index contributed by atoms with van der Waals surface area (Å²) in [5, 5.41) is -0.261. The van der Waals surface area contributed by atoms with Gasteiger partial charge in [0.05, 0.1) is 6.26 Å². The zero-order valence-electron chi connectivity index (χ0n) is 12.7. The van der Waals surface area contributed by atoms with E-state index in [0.29, 0.717) is 0 Å². The van der Waals surface area contributed by atoms with Gasteiger partial charge in [-0.05, 0) is 5.56 Å². The molecule has 0 amide bonds. The third kappa shape index (κ3) is 2.14. The molecule has 1 aliphatic rings. The number of carbonyl (C=O) groups excluding carboxylic acids is 1. The lowest BCUT2D eigenvalue weighted by atomic mass is 10.0. The maximum absolute atomic E-state index is 11.2. The lowest BCUT2D eigenvalue weighted by molar-refractivity contribution is -0.105. The molecule has 1 aromatic carbocycles. The van der Waals surface area contributed by atoms with Crippen LogP contribution in [0.5, 0.6) is 0 Å². The van der Waals surface area contributed by atoms with Crippen molar-refractivity contribution in [3.63, 3.8) is 0 Å². The predicted octanol–water partition coefficient (Wildman–Crippen LogP) is 4.43. The molecule has 0 aromatic heterocycles. The molecule has 0 N–H and O–H groups in total. The summed E-state index contributed by atoms with van der Waals surface area (Å²) in [6, 6.07) is 14.0. The van der Waals surface area contributed by atoms with Crippen LogP contribution in [0.3, 0.4) is 0 Å². The van der Waals surface area contributed by atoms with Crippen molar-refractivity contribution in [1.82, 2.24) is 0 Å². The van der Waals surface area contributed by atoms with E-state index in [9.17, 15) is 4.79 Å².